The molecule has 0 aromatic carbocycles. The molecule has 116 valence electrons. The number of thiophene rings is 1. The van der Waals surface area contributed by atoms with Gasteiger partial charge in [-0.25, -0.2) is 0 Å². The molecule has 0 fully saturated rings. The van der Waals surface area contributed by atoms with E-state index in [1.165, 1.54) is 38.5 Å². The molecule has 1 aromatic heterocycles. The van der Waals surface area contributed by atoms with E-state index in [9.17, 15) is 0 Å². The van der Waals surface area contributed by atoms with E-state index in [0.29, 0.717) is 0 Å². The molecule has 20 heavy (non-hydrogen) atoms. The van der Waals surface area contributed by atoms with Crippen molar-refractivity contribution in [3.8, 4) is 5.75 Å². The van der Waals surface area contributed by atoms with E-state index >= 15 is 0 Å². The number of hydrogen-bond acceptors (Lipinski definition) is 2. The van der Waals surface area contributed by atoms with E-state index < -0.39 is 18.4 Å². The molecule has 1 aromatic rings. The number of methoxy groups -OCH3 is 1. The van der Waals surface area contributed by atoms with E-state index in [1.807, 2.05) is 11.3 Å². The Morgan fingerprint density at radius 1 is 0.950 bits per heavy atom. The van der Waals surface area contributed by atoms with Crippen LogP contribution in [0.15, 0.2) is 11.4 Å². The van der Waals surface area contributed by atoms with Crippen LogP contribution >= 0.6 is 11.3 Å². The molecule has 0 aliphatic carbocycles. The van der Waals surface area contributed by atoms with E-state index in [2.05, 4.69) is 32.2 Å². The van der Waals surface area contributed by atoms with Crippen molar-refractivity contribution in [2.45, 2.75) is 72.6 Å². The van der Waals surface area contributed by atoms with Gasteiger partial charge in [0.1, 0.15) is 0 Å². The van der Waals surface area contributed by atoms with Gasteiger partial charge in [-0.1, -0.05) is 0 Å². The van der Waals surface area contributed by atoms with Crippen molar-refractivity contribution in [2.24, 2.45) is 0 Å². The number of rotatable bonds is 11. The summed E-state index contributed by atoms with van der Waals surface area (Å²) in [5.74, 6) is 1.09. The third-order valence-electron chi connectivity index (χ3n) is 4.36. The second kappa shape index (κ2) is 10.1. The van der Waals surface area contributed by atoms with Crippen LogP contribution < -0.4 is 7.63 Å². The molecule has 0 unspecified atom stereocenters. The van der Waals surface area contributed by atoms with Gasteiger partial charge in [-0.05, 0) is 0 Å². The summed E-state index contributed by atoms with van der Waals surface area (Å²) in [5.41, 5.74) is 0. The zero-order chi connectivity index (χ0) is 14.8. The molecule has 0 amide bonds. The van der Waals surface area contributed by atoms with E-state index in [4.69, 9.17) is 4.74 Å². The standard InChI is InChI=1S/C5H5OS.3C4H9.Sn/c1-6-5-2-3-7-4-5;3*1-3-4-2;/h2,4H,1H3;3*1,3-4H2,2H3;. The van der Waals surface area contributed by atoms with Crippen LogP contribution in [0.25, 0.3) is 0 Å². The average Bonchev–Trinajstić information content (AvgIpc) is 2.96. The summed E-state index contributed by atoms with van der Waals surface area (Å²) in [7, 11) is 1.80. The third kappa shape index (κ3) is 5.25. The molecule has 0 spiro atoms. The van der Waals surface area contributed by atoms with E-state index in [1.54, 1.807) is 23.3 Å². The Hall–Kier alpha value is 0.299. The molecule has 0 aliphatic rings. The maximum atomic E-state index is 5.45. The van der Waals surface area contributed by atoms with Gasteiger partial charge in [-0.2, -0.15) is 0 Å². The second-order valence-corrected chi connectivity index (χ2v) is 21.0. The van der Waals surface area contributed by atoms with Crippen LogP contribution in [0.1, 0.15) is 59.3 Å². The first-order valence-electron chi connectivity index (χ1n) is 8.35. The fraction of sp³-hybridized carbons (Fsp3) is 0.765. The molecule has 0 aliphatic heterocycles. The summed E-state index contributed by atoms with van der Waals surface area (Å²) < 4.78 is 11.9. The number of hydrogen-bond donors (Lipinski definition) is 0. The topological polar surface area (TPSA) is 9.23 Å². The molecule has 0 saturated heterocycles. The quantitative estimate of drug-likeness (QED) is 0.424. The predicted octanol–water partition coefficient (Wildman–Crippen LogP) is 5.81. The third-order valence-corrected chi connectivity index (χ3v) is 23.6. The normalized spacial score (nSPS) is 11.8. The van der Waals surface area contributed by atoms with Crippen molar-refractivity contribution in [1.29, 1.82) is 0 Å². The van der Waals surface area contributed by atoms with Crippen LogP contribution in [0.4, 0.5) is 0 Å². The second-order valence-electron chi connectivity index (χ2n) is 5.94. The molecular formula is C17H32OSSn. The van der Waals surface area contributed by atoms with E-state index in [0.717, 1.165) is 5.75 Å². The van der Waals surface area contributed by atoms with Crippen LogP contribution in [0.2, 0.25) is 13.3 Å². The Balaban J connectivity index is 2.97. The first kappa shape index (κ1) is 18.3. The van der Waals surface area contributed by atoms with Crippen LogP contribution in [-0.4, -0.2) is 25.5 Å². The molecule has 0 saturated carbocycles. The summed E-state index contributed by atoms with van der Waals surface area (Å²) in [6, 6.07) is 2.39. The Morgan fingerprint density at radius 2 is 1.45 bits per heavy atom. The van der Waals surface area contributed by atoms with Gasteiger partial charge in [0, 0.05) is 0 Å². The summed E-state index contributed by atoms with van der Waals surface area (Å²) in [6.07, 6.45) is 8.34. The van der Waals surface area contributed by atoms with Gasteiger partial charge in [0.05, 0.1) is 0 Å². The van der Waals surface area contributed by atoms with Crippen LogP contribution in [0, 0.1) is 0 Å². The van der Waals surface area contributed by atoms with Crippen LogP contribution in [0.5, 0.6) is 5.75 Å². The van der Waals surface area contributed by atoms with Gasteiger partial charge in [0.15, 0.2) is 0 Å². The number of unbranched alkanes of at least 4 members (excludes halogenated alkanes) is 3. The minimum atomic E-state index is -2.16. The molecule has 1 rings (SSSR count). The van der Waals surface area contributed by atoms with E-state index in [-0.39, 0.29) is 0 Å². The Bertz CT molecular complexity index is 340. The summed E-state index contributed by atoms with van der Waals surface area (Å²) in [5, 5.41) is 2.23. The Morgan fingerprint density at radius 3 is 1.80 bits per heavy atom. The molecule has 3 heteroatoms. The van der Waals surface area contributed by atoms with Gasteiger partial charge < -0.3 is 0 Å². The monoisotopic (exact) mass is 404 g/mol. The van der Waals surface area contributed by atoms with Crippen molar-refractivity contribution in [2.75, 3.05) is 7.11 Å². The van der Waals surface area contributed by atoms with Gasteiger partial charge >= 0.3 is 134 Å². The van der Waals surface area contributed by atoms with Crippen molar-refractivity contribution < 1.29 is 4.74 Å². The fourth-order valence-corrected chi connectivity index (χ4v) is 22.9. The van der Waals surface area contributed by atoms with Gasteiger partial charge in [-0.3, -0.25) is 0 Å². The van der Waals surface area contributed by atoms with Crippen molar-refractivity contribution >= 4 is 32.6 Å². The molecule has 1 nitrogen and oxygen atoms in total. The summed E-state index contributed by atoms with van der Waals surface area (Å²) >= 11 is -0.160. The minimum absolute atomic E-state index is 1.09. The molecule has 0 radical (unpaired) electrons. The van der Waals surface area contributed by atoms with Crippen molar-refractivity contribution in [3.63, 3.8) is 0 Å². The molecular weight excluding hydrogens is 371 g/mol. The Labute approximate surface area is 134 Å². The van der Waals surface area contributed by atoms with Crippen LogP contribution in [0.3, 0.4) is 0 Å². The molecule has 1 heterocycles. The Kier molecular flexibility index (Phi) is 9.26. The zero-order valence-corrected chi connectivity index (χ0v) is 17.5. The first-order chi connectivity index (χ1) is 9.72. The fourth-order valence-electron chi connectivity index (χ4n) is 2.99. The molecule has 0 bridgehead atoms. The van der Waals surface area contributed by atoms with Gasteiger partial charge in [0.25, 0.3) is 0 Å². The predicted molar refractivity (Wildman–Crippen MR) is 95.4 cm³/mol. The zero-order valence-electron chi connectivity index (χ0n) is 13.8. The summed E-state index contributed by atoms with van der Waals surface area (Å²) in [4.78, 5) is 0. The summed E-state index contributed by atoms with van der Waals surface area (Å²) in [6.45, 7) is 7.02. The van der Waals surface area contributed by atoms with Gasteiger partial charge in [0.2, 0.25) is 0 Å². The molecule has 0 atom stereocenters. The molecule has 0 N–H and O–H groups in total. The van der Waals surface area contributed by atoms with Crippen molar-refractivity contribution in [1.82, 2.24) is 0 Å². The average molecular weight is 403 g/mol. The SMILES string of the molecule is CCC[CH2][Sn]([CH2]CCC)([CH2]CCC)[c]1cc(OC)cs1. The first-order valence-corrected chi connectivity index (χ1v) is 16.7. The maximum absolute atomic E-state index is 5.45. The van der Waals surface area contributed by atoms with Gasteiger partial charge in [-0.15, -0.1) is 0 Å². The van der Waals surface area contributed by atoms with Crippen molar-refractivity contribution in [3.05, 3.63) is 11.4 Å². The van der Waals surface area contributed by atoms with Crippen LogP contribution in [-0.2, 0) is 0 Å². The number of ether oxygens (including phenoxy) is 1.